The summed E-state index contributed by atoms with van der Waals surface area (Å²) in [6.45, 7) is 8.10. The predicted octanol–water partition coefficient (Wildman–Crippen LogP) is 3.01. The van der Waals surface area contributed by atoms with Gasteiger partial charge in [0.05, 0.1) is 0 Å². The molecule has 2 aromatic rings. The van der Waals surface area contributed by atoms with Crippen LogP contribution in [-0.2, 0) is 10.2 Å². The number of rotatable bonds is 6. The summed E-state index contributed by atoms with van der Waals surface area (Å²) < 4.78 is 10.8. The Morgan fingerprint density at radius 1 is 1.28 bits per heavy atom. The van der Waals surface area contributed by atoms with Crippen LogP contribution in [0.2, 0.25) is 0 Å². The highest BCUT2D eigenvalue weighted by molar-refractivity contribution is 5.77. The number of hydrogen-bond acceptors (Lipinski definition) is 6. The lowest BCUT2D eigenvalue weighted by Gasteiger charge is -2.14. The summed E-state index contributed by atoms with van der Waals surface area (Å²) >= 11 is 0. The molecule has 1 aromatic heterocycles. The first-order valence-electron chi connectivity index (χ1n) is 8.20. The molecule has 0 saturated carbocycles. The first-order valence-corrected chi connectivity index (χ1v) is 8.20. The summed E-state index contributed by atoms with van der Waals surface area (Å²) in [7, 11) is 3.39. The Labute approximate surface area is 148 Å². The topological polar surface area (TPSA) is 80.5 Å². The Morgan fingerprint density at radius 2 is 1.92 bits per heavy atom. The van der Waals surface area contributed by atoms with E-state index in [1.54, 1.807) is 14.1 Å². The summed E-state index contributed by atoms with van der Waals surface area (Å²) in [5.74, 6) is 1.79. The molecule has 136 valence electrons. The van der Waals surface area contributed by atoms with Crippen LogP contribution >= 0.6 is 0 Å². The van der Waals surface area contributed by atoms with Crippen molar-refractivity contribution in [3.05, 3.63) is 36.0 Å². The van der Waals surface area contributed by atoms with Gasteiger partial charge in [0, 0.05) is 25.2 Å². The smallest absolute Gasteiger partial charge is 0.259 e. The zero-order chi connectivity index (χ0) is 18.6. The number of nitrogens with zero attached hydrogens (tertiary/aromatic N) is 3. The zero-order valence-electron chi connectivity index (χ0n) is 15.7. The number of carbonyl (C=O) groups excluding carboxylic acids is 1. The van der Waals surface area contributed by atoms with Gasteiger partial charge in [-0.05, 0) is 31.2 Å². The maximum absolute atomic E-state index is 11.5. The first-order chi connectivity index (χ1) is 11.7. The minimum Gasteiger partial charge on any atom is -0.484 e. The van der Waals surface area contributed by atoms with Crippen molar-refractivity contribution >= 4 is 11.6 Å². The fraction of sp³-hybridized carbons (Fsp3) is 0.500. The standard InChI is InChI=1S/C18H26N4O3/c1-12(16-20-17(21-25-16)18(2,3)4)19-13-7-9-14(10-8-13)24-11-15(23)22(5)6/h7-10,12,19H,11H2,1-6H3. The maximum Gasteiger partial charge on any atom is 0.259 e. The quantitative estimate of drug-likeness (QED) is 0.866. The van der Waals surface area contributed by atoms with Gasteiger partial charge in [0.2, 0.25) is 5.89 Å². The Bertz CT molecular complexity index is 702. The molecule has 7 heteroatoms. The van der Waals surface area contributed by atoms with Crippen LogP contribution in [0.4, 0.5) is 5.69 Å². The molecular formula is C18H26N4O3. The summed E-state index contributed by atoms with van der Waals surface area (Å²) in [5, 5.41) is 7.34. The van der Waals surface area contributed by atoms with Gasteiger partial charge in [-0.15, -0.1) is 0 Å². The number of aromatic nitrogens is 2. The molecule has 25 heavy (non-hydrogen) atoms. The van der Waals surface area contributed by atoms with Gasteiger partial charge in [0.1, 0.15) is 11.8 Å². The number of amides is 1. The van der Waals surface area contributed by atoms with E-state index in [9.17, 15) is 4.79 Å². The highest BCUT2D eigenvalue weighted by Gasteiger charge is 2.23. The van der Waals surface area contributed by atoms with E-state index in [0.29, 0.717) is 17.5 Å². The molecule has 1 N–H and O–H groups in total. The molecule has 1 heterocycles. The van der Waals surface area contributed by atoms with E-state index in [-0.39, 0.29) is 24.0 Å². The van der Waals surface area contributed by atoms with Gasteiger partial charge in [-0.1, -0.05) is 25.9 Å². The fourth-order valence-electron chi connectivity index (χ4n) is 1.95. The molecule has 1 unspecified atom stereocenters. The first kappa shape index (κ1) is 18.8. The minimum atomic E-state index is -0.148. The Hall–Kier alpha value is -2.57. The molecule has 0 aliphatic heterocycles. The van der Waals surface area contributed by atoms with Crippen LogP contribution in [-0.4, -0.2) is 41.6 Å². The molecule has 2 rings (SSSR count). The highest BCUT2D eigenvalue weighted by Crippen LogP contribution is 2.24. The Kier molecular flexibility index (Phi) is 5.66. The molecule has 0 aliphatic carbocycles. The largest absolute Gasteiger partial charge is 0.484 e. The van der Waals surface area contributed by atoms with Crippen molar-refractivity contribution in [2.24, 2.45) is 0 Å². The number of nitrogens with one attached hydrogen (secondary N) is 1. The van der Waals surface area contributed by atoms with Crippen LogP contribution in [0.3, 0.4) is 0 Å². The molecule has 0 bridgehead atoms. The van der Waals surface area contributed by atoms with Gasteiger partial charge in [0.15, 0.2) is 12.4 Å². The highest BCUT2D eigenvalue weighted by atomic mass is 16.5. The Morgan fingerprint density at radius 3 is 2.44 bits per heavy atom. The van der Waals surface area contributed by atoms with Gasteiger partial charge < -0.3 is 19.5 Å². The van der Waals surface area contributed by atoms with E-state index in [1.165, 1.54) is 4.90 Å². The van der Waals surface area contributed by atoms with Crippen molar-refractivity contribution in [3.63, 3.8) is 0 Å². The van der Waals surface area contributed by atoms with Gasteiger partial charge in [-0.25, -0.2) is 0 Å². The average Bonchev–Trinajstić information content (AvgIpc) is 3.04. The lowest BCUT2D eigenvalue weighted by atomic mass is 9.96. The van der Waals surface area contributed by atoms with Crippen LogP contribution in [0.25, 0.3) is 0 Å². The molecule has 0 spiro atoms. The summed E-state index contributed by atoms with van der Waals surface area (Å²) in [6.07, 6.45) is 0. The second kappa shape index (κ2) is 7.55. The maximum atomic E-state index is 11.5. The third-order valence-corrected chi connectivity index (χ3v) is 3.58. The molecule has 7 nitrogen and oxygen atoms in total. The van der Waals surface area contributed by atoms with Gasteiger partial charge in [-0.2, -0.15) is 4.98 Å². The van der Waals surface area contributed by atoms with Crippen molar-refractivity contribution < 1.29 is 14.1 Å². The SMILES string of the molecule is CC(Nc1ccc(OCC(=O)N(C)C)cc1)c1nc(C(C)(C)C)no1. The van der Waals surface area contributed by atoms with Gasteiger partial charge >= 0.3 is 0 Å². The van der Waals surface area contributed by atoms with Crippen molar-refractivity contribution in [3.8, 4) is 5.75 Å². The number of anilines is 1. The van der Waals surface area contributed by atoms with Gasteiger partial charge in [0.25, 0.3) is 5.91 Å². The second-order valence-corrected chi connectivity index (χ2v) is 7.17. The van der Waals surface area contributed by atoms with E-state index < -0.39 is 0 Å². The Balaban J connectivity index is 1.94. The lowest BCUT2D eigenvalue weighted by Crippen LogP contribution is -2.27. The molecule has 1 amide bonds. The third kappa shape index (κ3) is 5.20. The van der Waals surface area contributed by atoms with Crippen molar-refractivity contribution in [1.82, 2.24) is 15.0 Å². The number of ether oxygens (including phenoxy) is 1. The zero-order valence-corrected chi connectivity index (χ0v) is 15.7. The normalized spacial score (nSPS) is 12.6. The van der Waals surface area contributed by atoms with Crippen molar-refractivity contribution in [2.45, 2.75) is 39.2 Å². The number of benzene rings is 1. The minimum absolute atomic E-state index is 0.0216. The van der Waals surface area contributed by atoms with Crippen LogP contribution in [0.15, 0.2) is 28.8 Å². The van der Waals surface area contributed by atoms with E-state index >= 15 is 0 Å². The van der Waals surface area contributed by atoms with E-state index in [1.807, 2.05) is 52.0 Å². The monoisotopic (exact) mass is 346 g/mol. The molecule has 0 radical (unpaired) electrons. The summed E-state index contributed by atoms with van der Waals surface area (Å²) in [4.78, 5) is 17.5. The summed E-state index contributed by atoms with van der Waals surface area (Å²) in [5.41, 5.74) is 0.749. The molecule has 1 aromatic carbocycles. The number of hydrogen-bond donors (Lipinski definition) is 1. The van der Waals surface area contributed by atoms with E-state index in [0.717, 1.165) is 5.69 Å². The fourth-order valence-corrected chi connectivity index (χ4v) is 1.95. The number of likely N-dealkylation sites (N-methyl/N-ethyl adjacent to an activating group) is 1. The molecule has 0 saturated heterocycles. The van der Waals surface area contributed by atoms with Crippen LogP contribution in [0.1, 0.15) is 45.5 Å². The third-order valence-electron chi connectivity index (χ3n) is 3.58. The van der Waals surface area contributed by atoms with Crippen LogP contribution in [0.5, 0.6) is 5.75 Å². The average molecular weight is 346 g/mol. The van der Waals surface area contributed by atoms with Crippen molar-refractivity contribution in [2.75, 3.05) is 26.0 Å². The number of carbonyl (C=O) groups is 1. The molecular weight excluding hydrogens is 320 g/mol. The van der Waals surface area contributed by atoms with Gasteiger partial charge in [-0.3, -0.25) is 4.79 Å². The van der Waals surface area contributed by atoms with Crippen LogP contribution in [0, 0.1) is 0 Å². The lowest BCUT2D eigenvalue weighted by molar-refractivity contribution is -0.130. The van der Waals surface area contributed by atoms with E-state index in [2.05, 4.69) is 15.5 Å². The molecule has 1 atom stereocenters. The molecule has 0 aliphatic rings. The predicted molar refractivity (Wildman–Crippen MR) is 95.7 cm³/mol. The van der Waals surface area contributed by atoms with Crippen LogP contribution < -0.4 is 10.1 Å². The van der Waals surface area contributed by atoms with Crippen molar-refractivity contribution in [1.29, 1.82) is 0 Å². The molecule has 0 fully saturated rings. The second-order valence-electron chi connectivity index (χ2n) is 7.17. The summed E-state index contributed by atoms with van der Waals surface area (Å²) in [6, 6.07) is 7.27. The van der Waals surface area contributed by atoms with E-state index in [4.69, 9.17) is 9.26 Å².